The molecule has 0 saturated heterocycles. The summed E-state index contributed by atoms with van der Waals surface area (Å²) in [6, 6.07) is 13.4. The fourth-order valence-corrected chi connectivity index (χ4v) is 5.36. The lowest BCUT2D eigenvalue weighted by molar-refractivity contribution is -0.137. The van der Waals surface area contributed by atoms with E-state index >= 15 is 0 Å². The van der Waals surface area contributed by atoms with Crippen LogP contribution in [0.25, 0.3) is 0 Å². The van der Waals surface area contributed by atoms with E-state index in [1.54, 1.807) is 70.2 Å². The van der Waals surface area contributed by atoms with Crippen LogP contribution in [0, 0.1) is 13.8 Å². The number of hydrogen-bond acceptors (Lipinski definition) is 13. The highest BCUT2D eigenvalue weighted by molar-refractivity contribution is 7.17. The summed E-state index contributed by atoms with van der Waals surface area (Å²) in [5.41, 5.74) is 8.31. The van der Waals surface area contributed by atoms with Crippen molar-refractivity contribution in [1.29, 1.82) is 0 Å². The summed E-state index contributed by atoms with van der Waals surface area (Å²) >= 11 is 2.26. The second-order valence-corrected chi connectivity index (χ2v) is 11.7. The summed E-state index contributed by atoms with van der Waals surface area (Å²) in [7, 11) is 0. The van der Waals surface area contributed by atoms with E-state index in [2.05, 4.69) is 15.3 Å². The normalized spacial score (nSPS) is 10.0. The van der Waals surface area contributed by atoms with Gasteiger partial charge in [0.05, 0.1) is 24.6 Å². The minimum absolute atomic E-state index is 0.101. The van der Waals surface area contributed by atoms with Gasteiger partial charge in [0.15, 0.2) is 10.3 Å². The Balaban J connectivity index is 0.000000270. The molecule has 0 aliphatic carbocycles. The SMILES string of the molecule is CCOC(=O)c1sc(N)nc1C.CCOC(=O)c1sc(NC(=O)CCc2cccc(O)c2)nc1C.O=C(O)CCc1cccc(O)c1. The van der Waals surface area contributed by atoms with E-state index in [9.17, 15) is 24.3 Å². The number of rotatable bonds is 11. The van der Waals surface area contributed by atoms with Crippen molar-refractivity contribution >= 4 is 56.8 Å². The highest BCUT2D eigenvalue weighted by Gasteiger charge is 2.17. The summed E-state index contributed by atoms with van der Waals surface area (Å²) in [4.78, 5) is 54.0. The van der Waals surface area contributed by atoms with Crippen LogP contribution >= 0.6 is 22.7 Å². The zero-order valence-corrected chi connectivity index (χ0v) is 28.1. The van der Waals surface area contributed by atoms with E-state index in [4.69, 9.17) is 25.4 Å². The molecule has 1 amide bonds. The third kappa shape index (κ3) is 13.9. The number of ether oxygens (including phenoxy) is 2. The monoisotopic (exact) mass is 686 g/mol. The van der Waals surface area contributed by atoms with Crippen molar-refractivity contribution in [2.75, 3.05) is 24.3 Å². The van der Waals surface area contributed by atoms with Crippen LogP contribution in [0.4, 0.5) is 10.3 Å². The van der Waals surface area contributed by atoms with Gasteiger partial charge in [-0.25, -0.2) is 19.6 Å². The minimum atomic E-state index is -0.821. The van der Waals surface area contributed by atoms with Gasteiger partial charge in [-0.2, -0.15) is 0 Å². The van der Waals surface area contributed by atoms with Crippen LogP contribution < -0.4 is 11.1 Å². The Morgan fingerprint density at radius 1 is 0.787 bits per heavy atom. The second-order valence-electron chi connectivity index (χ2n) is 9.62. The number of nitrogens with zero attached hydrogens (tertiary/aromatic N) is 2. The van der Waals surface area contributed by atoms with Crippen LogP contribution in [-0.4, -0.2) is 62.3 Å². The van der Waals surface area contributed by atoms with Gasteiger partial charge in [0.25, 0.3) is 0 Å². The number of esters is 2. The highest BCUT2D eigenvalue weighted by Crippen LogP contribution is 2.24. The van der Waals surface area contributed by atoms with Gasteiger partial charge in [0.1, 0.15) is 21.3 Å². The van der Waals surface area contributed by atoms with Crippen molar-refractivity contribution in [3.05, 3.63) is 80.8 Å². The number of phenols is 2. The predicted molar refractivity (Wildman–Crippen MR) is 179 cm³/mol. The molecule has 0 spiro atoms. The smallest absolute Gasteiger partial charge is 0.350 e. The van der Waals surface area contributed by atoms with Crippen LogP contribution in [-0.2, 0) is 31.9 Å². The maximum atomic E-state index is 12.0. The van der Waals surface area contributed by atoms with Gasteiger partial charge in [0.2, 0.25) is 5.91 Å². The number of aromatic nitrogens is 2. The number of carboxylic acid groups (broad SMARTS) is 1. The van der Waals surface area contributed by atoms with E-state index in [-0.39, 0.29) is 36.2 Å². The number of nitrogens with two attached hydrogens (primary N) is 1. The first kappa shape index (κ1) is 38.2. The molecule has 2 aromatic carbocycles. The molecule has 13 nitrogen and oxygen atoms in total. The molecule has 0 unspecified atom stereocenters. The minimum Gasteiger partial charge on any atom is -0.508 e. The topological polar surface area (TPSA) is 211 Å². The number of aryl methyl sites for hydroxylation is 4. The molecule has 0 fully saturated rings. The van der Waals surface area contributed by atoms with Crippen molar-refractivity contribution < 1.29 is 44.0 Å². The third-order valence-corrected chi connectivity index (χ3v) is 7.89. The summed E-state index contributed by atoms with van der Waals surface area (Å²) in [6.07, 6.45) is 1.33. The molecule has 4 rings (SSSR count). The van der Waals surface area contributed by atoms with Gasteiger partial charge in [-0.1, -0.05) is 46.9 Å². The standard InChI is InChI=1S/C16H18N2O4S.C9H10O3.C7H10N2O2S/c1-3-22-15(21)14-10(2)17-16(23-14)18-13(20)8-7-11-5-4-6-12(19)9-11;10-8-3-1-2-7(6-8)4-5-9(11)12;1-3-11-6(10)5-4(2)9-7(8)12-5/h4-6,9,19H,3,7-8H2,1-2H3,(H,17,18,20);1-3,6,10H,4-5H2,(H,11,12);3H2,1-2H3,(H2,8,9). The van der Waals surface area contributed by atoms with Crippen molar-refractivity contribution in [3.8, 4) is 11.5 Å². The lowest BCUT2D eigenvalue weighted by Gasteiger charge is -2.02. The number of carbonyl (C=O) groups is 4. The first-order valence-electron chi connectivity index (χ1n) is 14.4. The Labute approximate surface area is 280 Å². The van der Waals surface area contributed by atoms with Crippen molar-refractivity contribution in [3.63, 3.8) is 0 Å². The lowest BCUT2D eigenvalue weighted by Crippen LogP contribution is -2.12. The summed E-state index contributed by atoms with van der Waals surface area (Å²) < 4.78 is 9.74. The average Bonchev–Trinajstić information content (AvgIpc) is 3.55. The van der Waals surface area contributed by atoms with Crippen molar-refractivity contribution in [2.45, 2.75) is 53.4 Å². The Morgan fingerprint density at radius 2 is 1.28 bits per heavy atom. The summed E-state index contributed by atoms with van der Waals surface area (Å²) in [5, 5.41) is 30.3. The fourth-order valence-electron chi connectivity index (χ4n) is 3.75. The summed E-state index contributed by atoms with van der Waals surface area (Å²) in [5.74, 6) is -1.43. The molecule has 0 atom stereocenters. The first-order chi connectivity index (χ1) is 22.3. The lowest BCUT2D eigenvalue weighted by atomic mass is 10.1. The molecule has 2 heterocycles. The largest absolute Gasteiger partial charge is 0.508 e. The maximum Gasteiger partial charge on any atom is 0.350 e. The third-order valence-electron chi connectivity index (χ3n) is 5.87. The zero-order chi connectivity index (χ0) is 34.9. The van der Waals surface area contributed by atoms with E-state index in [0.29, 0.717) is 57.5 Å². The number of nitrogens with one attached hydrogen (secondary N) is 1. The van der Waals surface area contributed by atoms with Crippen molar-refractivity contribution in [2.24, 2.45) is 0 Å². The Kier molecular flexibility index (Phi) is 15.8. The molecule has 0 saturated carbocycles. The molecule has 0 bridgehead atoms. The van der Waals surface area contributed by atoms with Gasteiger partial charge in [-0.05, 0) is 75.9 Å². The van der Waals surface area contributed by atoms with Gasteiger partial charge < -0.3 is 35.8 Å². The van der Waals surface area contributed by atoms with Crippen LogP contribution in [0.1, 0.15) is 68.5 Å². The van der Waals surface area contributed by atoms with Gasteiger partial charge >= 0.3 is 17.9 Å². The molecule has 47 heavy (non-hydrogen) atoms. The van der Waals surface area contributed by atoms with E-state index < -0.39 is 11.9 Å². The number of thiazole rings is 2. The summed E-state index contributed by atoms with van der Waals surface area (Å²) in [6.45, 7) is 7.60. The molecule has 2 aromatic heterocycles. The average molecular weight is 687 g/mol. The fraction of sp³-hybridized carbons (Fsp3) is 0.312. The van der Waals surface area contributed by atoms with E-state index in [1.165, 1.54) is 0 Å². The maximum absolute atomic E-state index is 12.0. The number of aromatic hydroxyl groups is 2. The molecular formula is C32H38N4O9S2. The van der Waals surface area contributed by atoms with Crippen LogP contribution in [0.15, 0.2) is 48.5 Å². The molecule has 6 N–H and O–H groups in total. The number of benzene rings is 2. The number of phenolic OH excluding ortho intramolecular Hbond substituents is 2. The number of nitrogen functional groups attached to an aromatic ring is 1. The van der Waals surface area contributed by atoms with Gasteiger partial charge in [-0.3, -0.25) is 9.59 Å². The van der Waals surface area contributed by atoms with Crippen molar-refractivity contribution in [1.82, 2.24) is 9.97 Å². The number of anilines is 2. The second kappa shape index (κ2) is 19.5. The van der Waals surface area contributed by atoms with Gasteiger partial charge in [-0.15, -0.1) is 0 Å². The quantitative estimate of drug-likeness (QED) is 0.123. The number of carbonyl (C=O) groups excluding carboxylic acids is 3. The molecule has 252 valence electrons. The first-order valence-corrected chi connectivity index (χ1v) is 16.1. The number of aliphatic carboxylic acids is 1. The Hall–Kier alpha value is -5.02. The van der Waals surface area contributed by atoms with Crippen LogP contribution in [0.3, 0.4) is 0 Å². The van der Waals surface area contributed by atoms with E-state index in [0.717, 1.165) is 33.8 Å². The highest BCUT2D eigenvalue weighted by atomic mass is 32.1. The van der Waals surface area contributed by atoms with Crippen LogP contribution in [0.2, 0.25) is 0 Å². The predicted octanol–water partition coefficient (Wildman–Crippen LogP) is 5.52. The number of amides is 1. The number of carboxylic acids is 1. The van der Waals surface area contributed by atoms with Crippen LogP contribution in [0.5, 0.6) is 11.5 Å². The molecule has 4 aromatic rings. The number of hydrogen-bond donors (Lipinski definition) is 5. The Morgan fingerprint density at radius 3 is 1.72 bits per heavy atom. The molecular weight excluding hydrogens is 649 g/mol. The van der Waals surface area contributed by atoms with Gasteiger partial charge in [0, 0.05) is 12.8 Å². The van der Waals surface area contributed by atoms with E-state index in [1.807, 2.05) is 6.07 Å². The Bertz CT molecular complexity index is 1650. The molecule has 0 aliphatic rings. The molecule has 0 aliphatic heterocycles. The zero-order valence-electron chi connectivity index (χ0n) is 26.4. The molecule has 15 heteroatoms. The molecule has 0 radical (unpaired) electrons.